The Morgan fingerprint density at radius 1 is 0.840 bits per heavy atom. The van der Waals surface area contributed by atoms with Crippen LogP contribution in [0.25, 0.3) is 10.1 Å². The van der Waals surface area contributed by atoms with Crippen LogP contribution in [-0.2, 0) is 5.75 Å². The minimum atomic E-state index is 0.373. The largest absolute Gasteiger partial charge is 0.143 e. The van der Waals surface area contributed by atoms with Gasteiger partial charge in [0.2, 0.25) is 0 Å². The summed E-state index contributed by atoms with van der Waals surface area (Å²) in [5, 5.41) is 1.72. The van der Waals surface area contributed by atoms with Crippen LogP contribution in [0.15, 0.2) is 84.9 Å². The van der Waals surface area contributed by atoms with E-state index >= 15 is 0 Å². The van der Waals surface area contributed by atoms with Gasteiger partial charge >= 0.3 is 0 Å². The monoisotopic (exact) mass is 360 g/mol. The predicted molar refractivity (Wildman–Crippen MR) is 113 cm³/mol. The molecule has 4 rings (SSSR count). The zero-order valence-electron chi connectivity index (χ0n) is 14.2. The molecule has 1 atom stereocenters. The average Bonchev–Trinajstić information content (AvgIpc) is 3.06. The molecule has 0 radical (unpaired) electrons. The molecule has 3 aromatic carbocycles. The molecular formula is C23H20S2. The second-order valence-corrected chi connectivity index (χ2v) is 8.49. The van der Waals surface area contributed by atoms with Crippen molar-refractivity contribution < 1.29 is 0 Å². The van der Waals surface area contributed by atoms with Crippen molar-refractivity contribution in [1.29, 1.82) is 0 Å². The average molecular weight is 361 g/mol. The smallest absolute Gasteiger partial charge is 0.0644 e. The Balaban J connectivity index is 1.69. The van der Waals surface area contributed by atoms with Crippen molar-refractivity contribution in [3.63, 3.8) is 0 Å². The minimum Gasteiger partial charge on any atom is -0.143 e. The van der Waals surface area contributed by atoms with E-state index < -0.39 is 0 Å². The fourth-order valence-electron chi connectivity index (χ4n) is 3.06. The fraction of sp³-hybridized carbons (Fsp3) is 0.130. The van der Waals surface area contributed by atoms with E-state index in [0.29, 0.717) is 5.25 Å². The van der Waals surface area contributed by atoms with Crippen LogP contribution in [0, 0.1) is 6.92 Å². The molecule has 124 valence electrons. The summed E-state index contributed by atoms with van der Waals surface area (Å²) in [7, 11) is 0. The van der Waals surface area contributed by atoms with Crippen LogP contribution in [0.3, 0.4) is 0 Å². The van der Waals surface area contributed by atoms with Crippen LogP contribution in [-0.4, -0.2) is 0 Å². The van der Waals surface area contributed by atoms with E-state index in [1.807, 2.05) is 23.1 Å². The lowest BCUT2D eigenvalue weighted by atomic mass is 10.1. The van der Waals surface area contributed by atoms with Crippen molar-refractivity contribution in [2.24, 2.45) is 0 Å². The number of rotatable bonds is 5. The molecule has 1 unspecified atom stereocenters. The third-order valence-corrected chi connectivity index (χ3v) is 7.00. The van der Waals surface area contributed by atoms with Crippen LogP contribution < -0.4 is 0 Å². The Morgan fingerprint density at radius 3 is 2.44 bits per heavy atom. The molecule has 0 bridgehead atoms. The molecule has 1 heterocycles. The van der Waals surface area contributed by atoms with E-state index in [0.717, 1.165) is 5.75 Å². The lowest BCUT2D eigenvalue weighted by molar-refractivity contribution is 1.18. The molecule has 25 heavy (non-hydrogen) atoms. The van der Waals surface area contributed by atoms with Gasteiger partial charge in [0.1, 0.15) is 0 Å². The molecule has 1 aromatic heterocycles. The van der Waals surface area contributed by atoms with Crippen molar-refractivity contribution in [3.05, 3.63) is 106 Å². The predicted octanol–water partition coefficient (Wildman–Crippen LogP) is 7.23. The molecule has 0 N–H and O–H groups in total. The first-order chi connectivity index (χ1) is 12.3. The molecule has 4 aromatic rings. The lowest BCUT2D eigenvalue weighted by Gasteiger charge is -2.16. The highest BCUT2D eigenvalue weighted by Gasteiger charge is 2.18. The van der Waals surface area contributed by atoms with Crippen molar-refractivity contribution in [2.75, 3.05) is 0 Å². The Labute approximate surface area is 157 Å². The fourth-order valence-corrected chi connectivity index (χ4v) is 5.61. The topological polar surface area (TPSA) is 0 Å². The molecule has 2 heteroatoms. The molecule has 0 amide bonds. The van der Waals surface area contributed by atoms with Crippen molar-refractivity contribution in [2.45, 2.75) is 17.9 Å². The summed E-state index contributed by atoms with van der Waals surface area (Å²) in [4.78, 5) is 1.44. The molecule has 0 saturated heterocycles. The second kappa shape index (κ2) is 7.47. The minimum absolute atomic E-state index is 0.373. The van der Waals surface area contributed by atoms with Crippen LogP contribution in [0.5, 0.6) is 0 Å². The van der Waals surface area contributed by atoms with E-state index in [1.54, 1.807) is 0 Å². The van der Waals surface area contributed by atoms with Crippen molar-refractivity contribution in [3.8, 4) is 0 Å². The molecule has 0 fully saturated rings. The first kappa shape index (κ1) is 16.4. The molecule has 0 aliphatic heterocycles. The summed E-state index contributed by atoms with van der Waals surface area (Å²) in [5.41, 5.74) is 4.10. The number of hydrogen-bond acceptors (Lipinski definition) is 2. The summed E-state index contributed by atoms with van der Waals surface area (Å²) < 4.78 is 1.37. The summed E-state index contributed by atoms with van der Waals surface area (Å²) in [6, 6.07) is 30.7. The van der Waals surface area contributed by atoms with Crippen LogP contribution in [0.4, 0.5) is 0 Å². The number of benzene rings is 3. The van der Waals surface area contributed by atoms with Gasteiger partial charge < -0.3 is 0 Å². The molecule has 0 aliphatic rings. The van der Waals surface area contributed by atoms with Gasteiger partial charge in [0.15, 0.2) is 0 Å². The number of fused-ring (bicyclic) bond motifs is 1. The van der Waals surface area contributed by atoms with E-state index in [4.69, 9.17) is 0 Å². The van der Waals surface area contributed by atoms with Gasteiger partial charge in [-0.2, -0.15) is 0 Å². The number of hydrogen-bond donors (Lipinski definition) is 0. The first-order valence-corrected chi connectivity index (χ1v) is 10.4. The zero-order valence-corrected chi connectivity index (χ0v) is 15.8. The molecule has 0 nitrogen and oxygen atoms in total. The van der Waals surface area contributed by atoms with Crippen LogP contribution in [0.2, 0.25) is 0 Å². The highest BCUT2D eigenvalue weighted by Crippen LogP contribution is 2.42. The van der Waals surface area contributed by atoms with Crippen LogP contribution >= 0.6 is 23.1 Å². The lowest BCUT2D eigenvalue weighted by Crippen LogP contribution is -1.96. The Hall–Kier alpha value is -2.03. The molecule has 0 saturated carbocycles. The van der Waals surface area contributed by atoms with Gasteiger partial charge in [-0.1, -0.05) is 78.4 Å². The maximum absolute atomic E-state index is 2.37. The Kier molecular flexibility index (Phi) is 4.91. The van der Waals surface area contributed by atoms with Crippen molar-refractivity contribution >= 4 is 33.2 Å². The van der Waals surface area contributed by atoms with E-state index in [2.05, 4.69) is 91.9 Å². The van der Waals surface area contributed by atoms with Gasteiger partial charge in [0.25, 0.3) is 0 Å². The highest BCUT2D eigenvalue weighted by molar-refractivity contribution is 7.99. The van der Waals surface area contributed by atoms with Gasteiger partial charge in [-0.25, -0.2) is 0 Å². The summed E-state index contributed by atoms with van der Waals surface area (Å²) in [6.45, 7) is 2.17. The van der Waals surface area contributed by atoms with E-state index in [-0.39, 0.29) is 0 Å². The first-order valence-electron chi connectivity index (χ1n) is 8.50. The van der Waals surface area contributed by atoms with E-state index in [9.17, 15) is 0 Å². The number of aryl methyl sites for hydroxylation is 1. The Morgan fingerprint density at radius 2 is 1.64 bits per heavy atom. The number of thiophene rings is 1. The van der Waals surface area contributed by atoms with E-state index in [1.165, 1.54) is 31.7 Å². The van der Waals surface area contributed by atoms with Gasteiger partial charge in [0.05, 0.1) is 5.25 Å². The second-order valence-electron chi connectivity index (χ2n) is 6.28. The standard InChI is InChI=1S/C23H20S2/c1-17-8-7-12-20(14-17)23(24-16-18-9-3-2-4-10-18)22-15-19-11-5-6-13-21(19)25-22/h2-15,23H,16H2,1H3. The summed E-state index contributed by atoms with van der Waals surface area (Å²) in [6.07, 6.45) is 0. The maximum atomic E-state index is 2.37. The number of thioether (sulfide) groups is 1. The quantitative estimate of drug-likeness (QED) is 0.362. The van der Waals surface area contributed by atoms with Crippen molar-refractivity contribution in [1.82, 2.24) is 0 Å². The summed E-state index contributed by atoms with van der Waals surface area (Å²) >= 11 is 3.94. The van der Waals surface area contributed by atoms with Gasteiger partial charge in [-0.05, 0) is 35.6 Å². The molecule has 0 aliphatic carbocycles. The van der Waals surface area contributed by atoms with Gasteiger partial charge in [-0.3, -0.25) is 0 Å². The highest BCUT2D eigenvalue weighted by atomic mass is 32.2. The van der Waals surface area contributed by atoms with Gasteiger partial charge in [-0.15, -0.1) is 23.1 Å². The third-order valence-electron chi connectivity index (χ3n) is 4.31. The third kappa shape index (κ3) is 3.81. The zero-order chi connectivity index (χ0) is 17.1. The Bertz CT molecular complexity index is 936. The van der Waals surface area contributed by atoms with Crippen LogP contribution in [0.1, 0.15) is 26.8 Å². The summed E-state index contributed by atoms with van der Waals surface area (Å²) in [5.74, 6) is 1.02. The normalized spacial score (nSPS) is 12.4. The SMILES string of the molecule is Cc1cccc(C(SCc2ccccc2)c2cc3ccccc3s2)c1. The molecular weight excluding hydrogens is 340 g/mol. The maximum Gasteiger partial charge on any atom is 0.0644 e. The van der Waals surface area contributed by atoms with Gasteiger partial charge in [0, 0.05) is 15.3 Å². The molecule has 0 spiro atoms.